The zero-order valence-electron chi connectivity index (χ0n) is 15.3. The van der Waals surface area contributed by atoms with Gasteiger partial charge in [-0.3, -0.25) is 14.9 Å². The number of nitrogens with zero attached hydrogens (tertiary/aromatic N) is 1. The Morgan fingerprint density at radius 3 is 2.69 bits per heavy atom. The first-order chi connectivity index (χ1) is 13.5. The first kappa shape index (κ1) is 20.8. The van der Waals surface area contributed by atoms with Crippen LogP contribution in [-0.2, 0) is 24.2 Å². The van der Waals surface area contributed by atoms with E-state index in [0.29, 0.717) is 44.0 Å². The molecule has 0 bridgehead atoms. The SMILES string of the molecule is Cl.O=C(Cc1cc2c(cc1[N+](=O)[O-])OCCO2)Nc1ccc2c(c1F)CCNC2. The Morgan fingerprint density at radius 1 is 1.24 bits per heavy atom. The highest BCUT2D eigenvalue weighted by molar-refractivity contribution is 5.93. The lowest BCUT2D eigenvalue weighted by Crippen LogP contribution is -2.25. The Kier molecular flexibility index (Phi) is 6.19. The van der Waals surface area contributed by atoms with Gasteiger partial charge in [-0.15, -0.1) is 12.4 Å². The molecular weight excluding hydrogens is 405 g/mol. The standard InChI is InChI=1S/C19H18FN3O5.ClH/c20-19-13-3-4-21-10-11(13)1-2-14(19)22-18(24)8-12-7-16-17(28-6-5-27-16)9-15(12)23(25)26;/h1-2,7,9,21H,3-6,8,10H2,(H,22,24);1H. The van der Waals surface area contributed by atoms with E-state index in [1.165, 1.54) is 18.2 Å². The van der Waals surface area contributed by atoms with E-state index in [-0.39, 0.29) is 41.5 Å². The summed E-state index contributed by atoms with van der Waals surface area (Å²) in [6, 6.07) is 5.97. The molecule has 10 heteroatoms. The minimum absolute atomic E-state index is 0. The maximum atomic E-state index is 14.7. The predicted molar refractivity (Wildman–Crippen MR) is 105 cm³/mol. The average molecular weight is 424 g/mol. The predicted octanol–water partition coefficient (Wildman–Crippen LogP) is 2.75. The number of fused-ring (bicyclic) bond motifs is 2. The summed E-state index contributed by atoms with van der Waals surface area (Å²) in [6.45, 7) is 1.89. The van der Waals surface area contributed by atoms with Crippen molar-refractivity contribution in [3.05, 3.63) is 56.9 Å². The minimum atomic E-state index is -0.576. The lowest BCUT2D eigenvalue weighted by Gasteiger charge is -2.20. The summed E-state index contributed by atoms with van der Waals surface area (Å²) in [5.74, 6) is -0.375. The molecule has 0 aliphatic carbocycles. The molecule has 2 heterocycles. The molecule has 4 rings (SSSR count). The molecule has 8 nitrogen and oxygen atoms in total. The molecule has 0 aromatic heterocycles. The lowest BCUT2D eigenvalue weighted by molar-refractivity contribution is -0.385. The summed E-state index contributed by atoms with van der Waals surface area (Å²) in [6.07, 6.45) is 0.254. The van der Waals surface area contributed by atoms with Crippen molar-refractivity contribution in [2.75, 3.05) is 25.1 Å². The van der Waals surface area contributed by atoms with E-state index in [4.69, 9.17) is 9.47 Å². The summed E-state index contributed by atoms with van der Waals surface area (Å²) in [4.78, 5) is 23.3. The van der Waals surface area contributed by atoms with Crippen LogP contribution < -0.4 is 20.1 Å². The van der Waals surface area contributed by atoms with Gasteiger partial charge in [-0.25, -0.2) is 4.39 Å². The first-order valence-electron chi connectivity index (χ1n) is 8.90. The summed E-state index contributed by atoms with van der Waals surface area (Å²) in [5, 5.41) is 17.1. The molecule has 29 heavy (non-hydrogen) atoms. The van der Waals surface area contributed by atoms with Crippen LogP contribution in [0.5, 0.6) is 11.5 Å². The van der Waals surface area contributed by atoms with Crippen molar-refractivity contribution in [2.45, 2.75) is 19.4 Å². The fourth-order valence-corrected chi connectivity index (χ4v) is 3.43. The fourth-order valence-electron chi connectivity index (χ4n) is 3.43. The number of rotatable bonds is 4. The number of amides is 1. The van der Waals surface area contributed by atoms with Gasteiger partial charge in [-0.1, -0.05) is 6.07 Å². The Morgan fingerprint density at radius 2 is 1.97 bits per heavy atom. The highest BCUT2D eigenvalue weighted by Crippen LogP contribution is 2.37. The van der Waals surface area contributed by atoms with Gasteiger partial charge >= 0.3 is 0 Å². The van der Waals surface area contributed by atoms with E-state index in [0.717, 1.165) is 5.56 Å². The number of anilines is 1. The van der Waals surface area contributed by atoms with Crippen molar-refractivity contribution in [1.29, 1.82) is 0 Å². The van der Waals surface area contributed by atoms with Crippen LogP contribution in [-0.4, -0.2) is 30.6 Å². The number of benzene rings is 2. The van der Waals surface area contributed by atoms with Crippen molar-refractivity contribution < 1.29 is 23.6 Å². The highest BCUT2D eigenvalue weighted by Gasteiger charge is 2.24. The number of nitro benzene ring substituents is 1. The fraction of sp³-hybridized carbons (Fsp3) is 0.316. The molecule has 0 unspecified atom stereocenters. The number of nitro groups is 1. The van der Waals surface area contributed by atoms with E-state index in [1.54, 1.807) is 6.07 Å². The number of ether oxygens (including phenoxy) is 2. The molecule has 2 aromatic carbocycles. The van der Waals surface area contributed by atoms with Crippen molar-refractivity contribution >= 4 is 29.7 Å². The van der Waals surface area contributed by atoms with Crippen LogP contribution in [0.4, 0.5) is 15.8 Å². The molecule has 2 aliphatic heterocycles. The summed E-state index contributed by atoms with van der Waals surface area (Å²) < 4.78 is 25.5. The third-order valence-corrected chi connectivity index (χ3v) is 4.77. The summed E-state index contributed by atoms with van der Waals surface area (Å²) in [7, 11) is 0. The van der Waals surface area contributed by atoms with Gasteiger partial charge in [-0.2, -0.15) is 0 Å². The van der Waals surface area contributed by atoms with Crippen molar-refractivity contribution in [2.24, 2.45) is 0 Å². The Balaban J connectivity index is 0.00000240. The van der Waals surface area contributed by atoms with Gasteiger partial charge in [0, 0.05) is 12.1 Å². The second-order valence-electron chi connectivity index (χ2n) is 6.60. The van der Waals surface area contributed by atoms with Crippen molar-refractivity contribution in [3.63, 3.8) is 0 Å². The van der Waals surface area contributed by atoms with Gasteiger partial charge in [0.15, 0.2) is 11.5 Å². The normalized spacial score (nSPS) is 14.4. The van der Waals surface area contributed by atoms with Gasteiger partial charge in [-0.05, 0) is 36.2 Å². The zero-order chi connectivity index (χ0) is 19.7. The molecule has 2 N–H and O–H groups in total. The monoisotopic (exact) mass is 423 g/mol. The number of carbonyl (C=O) groups excluding carboxylic acids is 1. The molecule has 154 valence electrons. The molecule has 0 spiro atoms. The van der Waals surface area contributed by atoms with Gasteiger partial charge in [0.2, 0.25) is 5.91 Å². The lowest BCUT2D eigenvalue weighted by atomic mass is 9.99. The molecule has 2 aliphatic rings. The van der Waals surface area contributed by atoms with E-state index in [2.05, 4.69) is 10.6 Å². The summed E-state index contributed by atoms with van der Waals surface area (Å²) in [5.41, 5.74) is 1.46. The third-order valence-electron chi connectivity index (χ3n) is 4.77. The quantitative estimate of drug-likeness (QED) is 0.579. The number of halogens is 2. The highest BCUT2D eigenvalue weighted by atomic mass is 35.5. The van der Waals surface area contributed by atoms with E-state index >= 15 is 0 Å². The second kappa shape index (κ2) is 8.62. The van der Waals surface area contributed by atoms with Crippen LogP contribution in [0.25, 0.3) is 0 Å². The van der Waals surface area contributed by atoms with Gasteiger partial charge < -0.3 is 20.1 Å². The summed E-state index contributed by atoms with van der Waals surface area (Å²) >= 11 is 0. The van der Waals surface area contributed by atoms with Gasteiger partial charge in [0.05, 0.1) is 23.1 Å². The van der Waals surface area contributed by atoms with Crippen LogP contribution in [0.1, 0.15) is 16.7 Å². The Labute approximate surface area is 171 Å². The molecule has 0 saturated carbocycles. The average Bonchev–Trinajstić information content (AvgIpc) is 2.69. The topological polar surface area (TPSA) is 103 Å². The molecule has 0 saturated heterocycles. The van der Waals surface area contributed by atoms with Crippen molar-refractivity contribution in [3.8, 4) is 11.5 Å². The molecule has 0 atom stereocenters. The van der Waals surface area contributed by atoms with Crippen LogP contribution in [0.2, 0.25) is 0 Å². The molecule has 0 radical (unpaired) electrons. The first-order valence-corrected chi connectivity index (χ1v) is 8.90. The number of hydrogen-bond donors (Lipinski definition) is 2. The molecule has 2 aromatic rings. The Bertz CT molecular complexity index is 969. The van der Waals surface area contributed by atoms with E-state index in [9.17, 15) is 19.3 Å². The molecule has 1 amide bonds. The van der Waals surface area contributed by atoms with Crippen molar-refractivity contribution in [1.82, 2.24) is 5.32 Å². The smallest absolute Gasteiger partial charge is 0.277 e. The number of nitrogens with one attached hydrogen (secondary N) is 2. The van der Waals surface area contributed by atoms with Crippen LogP contribution in [0.3, 0.4) is 0 Å². The number of carbonyl (C=O) groups is 1. The number of hydrogen-bond acceptors (Lipinski definition) is 6. The zero-order valence-corrected chi connectivity index (χ0v) is 16.1. The largest absolute Gasteiger partial charge is 0.486 e. The maximum absolute atomic E-state index is 14.7. The second-order valence-corrected chi connectivity index (χ2v) is 6.60. The Hall–Kier alpha value is -2.91. The molecule has 0 fully saturated rings. The third kappa shape index (κ3) is 4.25. The van der Waals surface area contributed by atoms with Crippen LogP contribution in [0.15, 0.2) is 24.3 Å². The van der Waals surface area contributed by atoms with E-state index in [1.807, 2.05) is 0 Å². The molecular formula is C19H19ClFN3O5. The van der Waals surface area contributed by atoms with Crippen LogP contribution in [0, 0.1) is 15.9 Å². The van der Waals surface area contributed by atoms with E-state index < -0.39 is 16.6 Å². The minimum Gasteiger partial charge on any atom is -0.486 e. The van der Waals surface area contributed by atoms with Gasteiger partial charge in [0.1, 0.15) is 19.0 Å². The van der Waals surface area contributed by atoms with Crippen LogP contribution >= 0.6 is 12.4 Å². The van der Waals surface area contributed by atoms with Gasteiger partial charge in [0.25, 0.3) is 5.69 Å². The maximum Gasteiger partial charge on any atom is 0.277 e.